The summed E-state index contributed by atoms with van der Waals surface area (Å²) in [5.74, 6) is 1.03. The molecule has 3 rings (SSSR count). The van der Waals surface area contributed by atoms with Gasteiger partial charge in [-0.15, -0.1) is 0 Å². The first-order valence-corrected chi connectivity index (χ1v) is 6.99. The van der Waals surface area contributed by atoms with Gasteiger partial charge in [-0.25, -0.2) is 9.97 Å². The van der Waals surface area contributed by atoms with Gasteiger partial charge in [-0.05, 0) is 42.0 Å². The number of hydrogen-bond acceptors (Lipinski definition) is 3. The van der Waals surface area contributed by atoms with Gasteiger partial charge in [-0.3, -0.25) is 0 Å². The Morgan fingerprint density at radius 1 is 1.35 bits per heavy atom. The van der Waals surface area contributed by atoms with Crippen LogP contribution in [0.1, 0.15) is 13.3 Å². The average Bonchev–Trinajstić information content (AvgIpc) is 2.31. The van der Waals surface area contributed by atoms with E-state index in [9.17, 15) is 0 Å². The lowest BCUT2D eigenvalue weighted by atomic mass is 10.0. The minimum Gasteiger partial charge on any atom is -0.353 e. The highest BCUT2D eigenvalue weighted by Gasteiger charge is 2.26. The molecule has 1 atom stereocenters. The van der Waals surface area contributed by atoms with E-state index in [1.165, 1.54) is 6.42 Å². The van der Waals surface area contributed by atoms with Crippen LogP contribution in [-0.2, 0) is 0 Å². The lowest BCUT2D eigenvalue weighted by Gasteiger charge is -2.40. The van der Waals surface area contributed by atoms with Gasteiger partial charge < -0.3 is 4.90 Å². The largest absolute Gasteiger partial charge is 0.353 e. The molecule has 88 valence electrons. The maximum absolute atomic E-state index is 5.95. The van der Waals surface area contributed by atoms with Crippen molar-refractivity contribution < 1.29 is 0 Å². The van der Waals surface area contributed by atoms with Crippen molar-refractivity contribution in [2.45, 2.75) is 19.4 Å². The number of nitrogens with zero attached hydrogens (tertiary/aromatic N) is 3. The molecule has 1 aliphatic rings. The number of pyridine rings is 2. The van der Waals surface area contributed by atoms with Crippen LogP contribution in [0.5, 0.6) is 0 Å². The predicted molar refractivity (Wildman–Crippen MR) is 78.7 cm³/mol. The van der Waals surface area contributed by atoms with Gasteiger partial charge in [-0.1, -0.05) is 11.6 Å². The molecule has 0 amide bonds. The summed E-state index contributed by atoms with van der Waals surface area (Å²) in [6, 6.07) is 2.48. The zero-order valence-corrected chi connectivity index (χ0v) is 12.2. The number of hydrogen-bond donors (Lipinski definition) is 0. The van der Waals surface area contributed by atoms with E-state index in [-0.39, 0.29) is 0 Å². The highest BCUT2D eigenvalue weighted by molar-refractivity contribution is 14.1. The van der Waals surface area contributed by atoms with Crippen molar-refractivity contribution in [1.82, 2.24) is 9.97 Å². The molecular formula is C12H11ClIN3. The SMILES string of the molecule is C[C@@H]1CCN1c1ncc(I)c2cc(Cl)ncc12. The molecule has 2 aromatic heterocycles. The van der Waals surface area contributed by atoms with Crippen molar-refractivity contribution in [1.29, 1.82) is 0 Å². The summed E-state index contributed by atoms with van der Waals surface area (Å²) in [4.78, 5) is 11.0. The van der Waals surface area contributed by atoms with Crippen LogP contribution < -0.4 is 4.90 Å². The third-order valence-electron chi connectivity index (χ3n) is 3.26. The molecular weight excluding hydrogens is 349 g/mol. The number of aromatic nitrogens is 2. The molecule has 0 spiro atoms. The second-order valence-electron chi connectivity index (χ2n) is 4.31. The van der Waals surface area contributed by atoms with Crippen molar-refractivity contribution in [2.24, 2.45) is 0 Å². The maximum Gasteiger partial charge on any atom is 0.138 e. The van der Waals surface area contributed by atoms with Crippen LogP contribution in [0.2, 0.25) is 5.15 Å². The van der Waals surface area contributed by atoms with Crippen molar-refractivity contribution >= 4 is 50.8 Å². The molecule has 0 aliphatic carbocycles. The van der Waals surface area contributed by atoms with Gasteiger partial charge >= 0.3 is 0 Å². The molecule has 2 aromatic rings. The average molecular weight is 360 g/mol. The third-order valence-corrected chi connectivity index (χ3v) is 4.33. The molecule has 0 saturated carbocycles. The van der Waals surface area contributed by atoms with Crippen LogP contribution in [0.3, 0.4) is 0 Å². The Balaban J connectivity index is 2.22. The molecule has 0 N–H and O–H groups in total. The van der Waals surface area contributed by atoms with E-state index in [0.29, 0.717) is 11.2 Å². The normalized spacial score (nSPS) is 19.5. The number of halogens is 2. The van der Waals surface area contributed by atoms with Crippen LogP contribution in [-0.4, -0.2) is 22.6 Å². The van der Waals surface area contributed by atoms with Crippen LogP contribution >= 0.6 is 34.2 Å². The number of rotatable bonds is 1. The standard InChI is InChI=1S/C12H11ClIN3/c1-7-2-3-17(7)12-9-5-15-11(13)4-8(9)10(14)6-16-12/h4-7H,2-3H2,1H3/t7-/m1/s1. The summed E-state index contributed by atoms with van der Waals surface area (Å²) in [6.07, 6.45) is 4.96. The minimum absolute atomic E-state index is 0.532. The topological polar surface area (TPSA) is 29.0 Å². The fourth-order valence-corrected chi connectivity index (χ4v) is 2.87. The quantitative estimate of drug-likeness (QED) is 0.576. The summed E-state index contributed by atoms with van der Waals surface area (Å²) in [5, 5.41) is 2.76. The Hall–Kier alpha value is -0.620. The minimum atomic E-state index is 0.532. The van der Waals surface area contributed by atoms with Gasteiger partial charge in [0.2, 0.25) is 0 Å². The van der Waals surface area contributed by atoms with E-state index in [0.717, 1.165) is 26.7 Å². The van der Waals surface area contributed by atoms with Crippen LogP contribution in [0.4, 0.5) is 5.82 Å². The van der Waals surface area contributed by atoms with Crippen LogP contribution in [0.25, 0.3) is 10.8 Å². The molecule has 0 aromatic carbocycles. The van der Waals surface area contributed by atoms with Gasteiger partial charge in [-0.2, -0.15) is 0 Å². The van der Waals surface area contributed by atoms with E-state index in [1.807, 2.05) is 18.5 Å². The molecule has 1 aliphatic heterocycles. The highest BCUT2D eigenvalue weighted by Crippen LogP contribution is 2.33. The first-order chi connectivity index (χ1) is 8.16. The zero-order chi connectivity index (χ0) is 12.0. The zero-order valence-electron chi connectivity index (χ0n) is 9.32. The molecule has 3 heterocycles. The molecule has 1 fully saturated rings. The lowest BCUT2D eigenvalue weighted by molar-refractivity contribution is 0.478. The van der Waals surface area contributed by atoms with Crippen molar-refractivity contribution in [3.05, 3.63) is 27.2 Å². The predicted octanol–water partition coefficient (Wildman–Crippen LogP) is 3.49. The molecule has 0 radical (unpaired) electrons. The van der Waals surface area contributed by atoms with E-state index < -0.39 is 0 Å². The fourth-order valence-electron chi connectivity index (χ4n) is 2.12. The van der Waals surface area contributed by atoms with Gasteiger partial charge in [0.15, 0.2) is 0 Å². The van der Waals surface area contributed by atoms with Gasteiger partial charge in [0.25, 0.3) is 0 Å². The summed E-state index contributed by atoms with van der Waals surface area (Å²) in [7, 11) is 0. The Morgan fingerprint density at radius 3 is 2.82 bits per heavy atom. The summed E-state index contributed by atoms with van der Waals surface area (Å²) < 4.78 is 1.11. The molecule has 1 saturated heterocycles. The second kappa shape index (κ2) is 4.24. The Bertz CT molecular complexity index is 587. The first kappa shape index (κ1) is 11.5. The lowest BCUT2D eigenvalue weighted by Crippen LogP contribution is -2.46. The smallest absolute Gasteiger partial charge is 0.138 e. The van der Waals surface area contributed by atoms with Gasteiger partial charge in [0.1, 0.15) is 11.0 Å². The number of anilines is 1. The van der Waals surface area contributed by atoms with Crippen molar-refractivity contribution in [3.8, 4) is 0 Å². The summed E-state index contributed by atoms with van der Waals surface area (Å²) in [5.41, 5.74) is 0. The van der Waals surface area contributed by atoms with E-state index in [2.05, 4.69) is 44.4 Å². The van der Waals surface area contributed by atoms with Crippen LogP contribution in [0, 0.1) is 3.57 Å². The van der Waals surface area contributed by atoms with E-state index >= 15 is 0 Å². The van der Waals surface area contributed by atoms with E-state index in [1.54, 1.807) is 0 Å². The van der Waals surface area contributed by atoms with Gasteiger partial charge in [0, 0.05) is 39.3 Å². The molecule has 17 heavy (non-hydrogen) atoms. The maximum atomic E-state index is 5.95. The monoisotopic (exact) mass is 359 g/mol. The van der Waals surface area contributed by atoms with Crippen molar-refractivity contribution in [2.75, 3.05) is 11.4 Å². The first-order valence-electron chi connectivity index (χ1n) is 5.53. The highest BCUT2D eigenvalue weighted by atomic mass is 127. The van der Waals surface area contributed by atoms with E-state index in [4.69, 9.17) is 11.6 Å². The molecule has 5 heteroatoms. The molecule has 0 unspecified atom stereocenters. The third kappa shape index (κ3) is 1.87. The Labute approximate surface area is 118 Å². The Kier molecular flexibility index (Phi) is 2.86. The van der Waals surface area contributed by atoms with Crippen LogP contribution in [0.15, 0.2) is 18.5 Å². The van der Waals surface area contributed by atoms with Crippen molar-refractivity contribution in [3.63, 3.8) is 0 Å². The Morgan fingerprint density at radius 2 is 2.18 bits per heavy atom. The molecule has 3 nitrogen and oxygen atoms in total. The fraction of sp³-hybridized carbons (Fsp3) is 0.333. The molecule has 0 bridgehead atoms. The summed E-state index contributed by atoms with van der Waals surface area (Å²) >= 11 is 8.23. The number of fused-ring (bicyclic) bond motifs is 1. The summed E-state index contributed by atoms with van der Waals surface area (Å²) in [6.45, 7) is 3.30. The van der Waals surface area contributed by atoms with Gasteiger partial charge in [0.05, 0.1) is 0 Å². The second-order valence-corrected chi connectivity index (χ2v) is 5.86.